The van der Waals surface area contributed by atoms with Gasteiger partial charge < -0.3 is 14.4 Å². The third-order valence-corrected chi connectivity index (χ3v) is 4.64. The molecule has 1 aliphatic heterocycles. The Morgan fingerprint density at radius 3 is 2.68 bits per heavy atom. The van der Waals surface area contributed by atoms with Crippen LogP contribution in [-0.2, 0) is 11.3 Å². The van der Waals surface area contributed by atoms with Crippen molar-refractivity contribution in [2.45, 2.75) is 25.1 Å². The summed E-state index contributed by atoms with van der Waals surface area (Å²) in [5, 5.41) is 0. The molecule has 0 N–H and O–H groups in total. The third-order valence-electron chi connectivity index (χ3n) is 4.64. The van der Waals surface area contributed by atoms with Gasteiger partial charge in [0.2, 0.25) is 5.88 Å². The maximum Gasteiger partial charge on any atom is 0.237 e. The maximum absolute atomic E-state index is 5.68. The lowest BCUT2D eigenvalue weighted by Crippen LogP contribution is -2.36. The molecule has 2 aromatic rings. The van der Waals surface area contributed by atoms with Crippen LogP contribution in [0.5, 0.6) is 11.6 Å². The summed E-state index contributed by atoms with van der Waals surface area (Å²) in [5.74, 6) is 1.27. The van der Waals surface area contributed by atoms with Crippen molar-refractivity contribution in [3.63, 3.8) is 0 Å². The van der Waals surface area contributed by atoms with Gasteiger partial charge in [0.25, 0.3) is 0 Å². The van der Waals surface area contributed by atoms with E-state index in [2.05, 4.69) is 46.0 Å². The molecular formula is C19H26N4O2. The smallest absolute Gasteiger partial charge is 0.237 e. The summed E-state index contributed by atoms with van der Waals surface area (Å²) in [6.45, 7) is 2.96. The minimum Gasteiger partial charge on any atom is -0.438 e. The molecule has 1 aromatic carbocycles. The van der Waals surface area contributed by atoms with Gasteiger partial charge in [0.05, 0.1) is 12.3 Å². The number of hydrogen-bond donors (Lipinski definition) is 0. The molecule has 1 fully saturated rings. The fraction of sp³-hybridized carbons (Fsp3) is 0.474. The average Bonchev–Trinajstić information content (AvgIpc) is 2.97. The number of likely N-dealkylation sites (N-methyl/N-ethyl adjacent to an activating group) is 2. The SMILES string of the molecule is CO[C@H]1C[C@@H](CN(C)Cc2ccc(Oc3cnccn3)cc2)N(C)C1. The van der Waals surface area contributed by atoms with Crippen LogP contribution in [0.2, 0.25) is 0 Å². The number of aromatic nitrogens is 2. The first-order valence-corrected chi connectivity index (χ1v) is 8.58. The van der Waals surface area contributed by atoms with Crippen LogP contribution in [0.15, 0.2) is 42.9 Å². The lowest BCUT2D eigenvalue weighted by atomic mass is 10.1. The summed E-state index contributed by atoms with van der Waals surface area (Å²) < 4.78 is 11.2. The van der Waals surface area contributed by atoms with Gasteiger partial charge in [0.1, 0.15) is 5.75 Å². The molecule has 1 saturated heterocycles. The topological polar surface area (TPSA) is 50.7 Å². The number of ether oxygens (including phenoxy) is 2. The van der Waals surface area contributed by atoms with Crippen LogP contribution in [-0.4, -0.2) is 66.2 Å². The second-order valence-corrected chi connectivity index (χ2v) is 6.67. The molecule has 1 aliphatic rings. The zero-order chi connectivity index (χ0) is 17.6. The predicted molar refractivity (Wildman–Crippen MR) is 96.7 cm³/mol. The molecule has 0 radical (unpaired) electrons. The largest absolute Gasteiger partial charge is 0.438 e. The van der Waals surface area contributed by atoms with E-state index >= 15 is 0 Å². The monoisotopic (exact) mass is 342 g/mol. The fourth-order valence-corrected chi connectivity index (χ4v) is 3.27. The molecule has 0 bridgehead atoms. The number of likely N-dealkylation sites (tertiary alicyclic amines) is 1. The molecule has 0 unspecified atom stereocenters. The van der Waals surface area contributed by atoms with E-state index in [0.29, 0.717) is 18.0 Å². The van der Waals surface area contributed by atoms with Gasteiger partial charge in [-0.1, -0.05) is 12.1 Å². The second-order valence-electron chi connectivity index (χ2n) is 6.67. The Kier molecular flexibility index (Phi) is 5.96. The van der Waals surface area contributed by atoms with Gasteiger partial charge in [-0.2, -0.15) is 0 Å². The summed E-state index contributed by atoms with van der Waals surface area (Å²) in [4.78, 5) is 12.9. The molecule has 3 rings (SSSR count). The Morgan fingerprint density at radius 2 is 2.04 bits per heavy atom. The highest BCUT2D eigenvalue weighted by Crippen LogP contribution is 2.21. The van der Waals surface area contributed by atoms with E-state index < -0.39 is 0 Å². The number of methoxy groups -OCH3 is 1. The van der Waals surface area contributed by atoms with Gasteiger partial charge in [0.15, 0.2) is 0 Å². The van der Waals surface area contributed by atoms with Gasteiger partial charge >= 0.3 is 0 Å². The van der Waals surface area contributed by atoms with Crippen LogP contribution >= 0.6 is 0 Å². The van der Waals surface area contributed by atoms with Gasteiger partial charge in [0, 0.05) is 45.2 Å². The fourth-order valence-electron chi connectivity index (χ4n) is 3.27. The molecule has 0 spiro atoms. The van der Waals surface area contributed by atoms with Crippen LogP contribution < -0.4 is 4.74 Å². The lowest BCUT2D eigenvalue weighted by molar-refractivity contribution is 0.111. The van der Waals surface area contributed by atoms with Crippen LogP contribution in [0.1, 0.15) is 12.0 Å². The van der Waals surface area contributed by atoms with Crippen molar-refractivity contribution in [2.24, 2.45) is 0 Å². The molecule has 2 atom stereocenters. The summed E-state index contributed by atoms with van der Waals surface area (Å²) >= 11 is 0. The zero-order valence-corrected chi connectivity index (χ0v) is 15.1. The molecule has 0 aliphatic carbocycles. The van der Waals surface area contributed by atoms with Crippen LogP contribution in [0.25, 0.3) is 0 Å². The normalized spacial score (nSPS) is 21.0. The van der Waals surface area contributed by atoms with E-state index in [-0.39, 0.29) is 0 Å². The Bertz CT molecular complexity index is 650. The Balaban J connectivity index is 1.51. The Labute approximate surface area is 149 Å². The highest BCUT2D eigenvalue weighted by Gasteiger charge is 2.29. The van der Waals surface area contributed by atoms with Crippen molar-refractivity contribution in [2.75, 3.05) is 34.3 Å². The predicted octanol–water partition coefficient (Wildman–Crippen LogP) is 2.42. The molecule has 6 nitrogen and oxygen atoms in total. The van der Waals surface area contributed by atoms with Crippen molar-refractivity contribution in [3.8, 4) is 11.6 Å². The summed E-state index contributed by atoms with van der Waals surface area (Å²) in [7, 11) is 6.14. The molecule has 25 heavy (non-hydrogen) atoms. The van der Waals surface area contributed by atoms with Crippen molar-refractivity contribution < 1.29 is 9.47 Å². The minimum atomic E-state index is 0.362. The number of benzene rings is 1. The molecule has 134 valence electrons. The first-order chi connectivity index (χ1) is 12.1. The van der Waals surface area contributed by atoms with Gasteiger partial charge in [-0.25, -0.2) is 4.98 Å². The first-order valence-electron chi connectivity index (χ1n) is 8.58. The lowest BCUT2D eigenvalue weighted by Gasteiger charge is -2.25. The highest BCUT2D eigenvalue weighted by atomic mass is 16.5. The molecule has 0 saturated carbocycles. The molecular weight excluding hydrogens is 316 g/mol. The van der Waals surface area contributed by atoms with Crippen LogP contribution in [0.3, 0.4) is 0 Å². The Hall–Kier alpha value is -2.02. The third kappa shape index (κ3) is 4.98. The molecule has 1 aromatic heterocycles. The summed E-state index contributed by atoms with van der Waals surface area (Å²) in [5.41, 5.74) is 1.26. The van der Waals surface area contributed by atoms with Crippen LogP contribution in [0, 0.1) is 0 Å². The van der Waals surface area contributed by atoms with Gasteiger partial charge in [-0.05, 0) is 38.2 Å². The second kappa shape index (κ2) is 8.38. The van der Waals surface area contributed by atoms with Crippen molar-refractivity contribution >= 4 is 0 Å². The van der Waals surface area contributed by atoms with E-state index in [1.807, 2.05) is 12.1 Å². The number of nitrogens with zero attached hydrogens (tertiary/aromatic N) is 4. The van der Waals surface area contributed by atoms with E-state index in [0.717, 1.165) is 31.8 Å². The quantitative estimate of drug-likeness (QED) is 0.770. The minimum absolute atomic E-state index is 0.362. The Morgan fingerprint density at radius 1 is 1.24 bits per heavy atom. The summed E-state index contributed by atoms with van der Waals surface area (Å²) in [6.07, 6.45) is 6.31. The highest BCUT2D eigenvalue weighted by molar-refractivity contribution is 5.29. The van der Waals surface area contributed by atoms with Crippen molar-refractivity contribution in [1.29, 1.82) is 0 Å². The van der Waals surface area contributed by atoms with E-state index in [4.69, 9.17) is 9.47 Å². The maximum atomic E-state index is 5.68. The van der Waals surface area contributed by atoms with Crippen molar-refractivity contribution in [1.82, 2.24) is 19.8 Å². The van der Waals surface area contributed by atoms with Crippen molar-refractivity contribution in [3.05, 3.63) is 48.4 Å². The van der Waals surface area contributed by atoms with E-state index in [1.54, 1.807) is 25.7 Å². The first kappa shape index (κ1) is 17.8. The van der Waals surface area contributed by atoms with Crippen LogP contribution in [0.4, 0.5) is 0 Å². The molecule has 0 amide bonds. The molecule has 2 heterocycles. The van der Waals surface area contributed by atoms with E-state index in [9.17, 15) is 0 Å². The summed E-state index contributed by atoms with van der Waals surface area (Å²) in [6, 6.07) is 8.69. The zero-order valence-electron chi connectivity index (χ0n) is 15.1. The number of hydrogen-bond acceptors (Lipinski definition) is 6. The van der Waals surface area contributed by atoms with Gasteiger partial charge in [-0.15, -0.1) is 0 Å². The number of rotatable bonds is 7. The average molecular weight is 342 g/mol. The molecule has 6 heteroatoms. The van der Waals surface area contributed by atoms with Gasteiger partial charge in [-0.3, -0.25) is 9.88 Å². The standard InChI is InChI=1S/C19H26N4O2/c1-22(13-16-10-18(24-3)14-23(16)2)12-15-4-6-17(7-5-15)25-19-11-20-8-9-21-19/h4-9,11,16,18H,10,12-14H2,1-3H3/t16-,18-/m0/s1. The van der Waals surface area contributed by atoms with E-state index in [1.165, 1.54) is 5.56 Å².